The van der Waals surface area contributed by atoms with E-state index in [4.69, 9.17) is 4.74 Å². The van der Waals surface area contributed by atoms with Crippen molar-refractivity contribution in [2.24, 2.45) is 0 Å². The first-order valence-corrected chi connectivity index (χ1v) is 7.50. The summed E-state index contributed by atoms with van der Waals surface area (Å²) in [4.78, 5) is 2.55. The van der Waals surface area contributed by atoms with Crippen molar-refractivity contribution >= 4 is 15.5 Å². The molecule has 0 bridgehead atoms. The van der Waals surface area contributed by atoms with Crippen LogP contribution in [0.5, 0.6) is 0 Å². The number of aryl methyl sites for hydroxylation is 1. The van der Waals surface area contributed by atoms with Crippen LogP contribution in [-0.4, -0.2) is 41.0 Å². The third-order valence-electron chi connectivity index (χ3n) is 2.84. The second-order valence-corrected chi connectivity index (χ2v) is 6.39. The maximum absolute atomic E-state index is 11.6. The highest BCUT2D eigenvalue weighted by Crippen LogP contribution is 2.22. The topological polar surface area (TPSA) is 46.6 Å². The van der Waals surface area contributed by atoms with Gasteiger partial charge in [0.1, 0.15) is 0 Å². The van der Waals surface area contributed by atoms with Crippen LogP contribution >= 0.6 is 0 Å². The first-order valence-electron chi connectivity index (χ1n) is 5.61. The lowest BCUT2D eigenvalue weighted by atomic mass is 10.2. The first kappa shape index (κ1) is 12.4. The van der Waals surface area contributed by atoms with E-state index in [1.54, 1.807) is 12.1 Å². The van der Waals surface area contributed by atoms with Crippen molar-refractivity contribution < 1.29 is 13.2 Å². The zero-order chi connectivity index (χ0) is 12.5. The van der Waals surface area contributed by atoms with Crippen LogP contribution in [-0.2, 0) is 14.6 Å². The highest BCUT2D eigenvalue weighted by molar-refractivity contribution is 7.90. The smallest absolute Gasteiger partial charge is 0.175 e. The van der Waals surface area contributed by atoms with Crippen LogP contribution in [0.15, 0.2) is 23.1 Å². The molecule has 0 unspecified atom stereocenters. The van der Waals surface area contributed by atoms with Crippen molar-refractivity contribution in [3.05, 3.63) is 23.8 Å². The molecule has 4 nitrogen and oxygen atoms in total. The second-order valence-electron chi connectivity index (χ2n) is 4.38. The summed E-state index contributed by atoms with van der Waals surface area (Å²) in [6.45, 7) is 4.93. The Kier molecular flexibility index (Phi) is 3.40. The monoisotopic (exact) mass is 255 g/mol. The number of hydrogen-bond acceptors (Lipinski definition) is 4. The van der Waals surface area contributed by atoms with Gasteiger partial charge in [0.05, 0.1) is 18.1 Å². The summed E-state index contributed by atoms with van der Waals surface area (Å²) in [5, 5.41) is 0. The van der Waals surface area contributed by atoms with E-state index in [0.717, 1.165) is 24.3 Å². The van der Waals surface area contributed by atoms with Gasteiger partial charge in [-0.15, -0.1) is 0 Å². The van der Waals surface area contributed by atoms with Crippen LogP contribution in [0.25, 0.3) is 0 Å². The molecule has 0 amide bonds. The van der Waals surface area contributed by atoms with E-state index in [1.165, 1.54) is 6.26 Å². The lowest BCUT2D eigenvalue weighted by Crippen LogP contribution is -2.36. The average molecular weight is 255 g/mol. The Morgan fingerprint density at radius 1 is 1.18 bits per heavy atom. The molecule has 0 aromatic heterocycles. The van der Waals surface area contributed by atoms with E-state index in [1.807, 2.05) is 13.0 Å². The highest BCUT2D eigenvalue weighted by atomic mass is 32.2. The van der Waals surface area contributed by atoms with Gasteiger partial charge in [-0.25, -0.2) is 8.42 Å². The molecule has 0 N–H and O–H groups in total. The van der Waals surface area contributed by atoms with Crippen LogP contribution in [0.2, 0.25) is 0 Å². The maximum atomic E-state index is 11.6. The molecule has 1 aromatic rings. The van der Waals surface area contributed by atoms with Crippen molar-refractivity contribution in [2.45, 2.75) is 11.8 Å². The number of rotatable bonds is 2. The quantitative estimate of drug-likeness (QED) is 0.797. The van der Waals surface area contributed by atoms with Crippen LogP contribution in [0.1, 0.15) is 5.56 Å². The third kappa shape index (κ3) is 2.98. The number of nitrogens with zero attached hydrogens (tertiary/aromatic N) is 1. The summed E-state index contributed by atoms with van der Waals surface area (Å²) in [6.07, 6.45) is 1.24. The number of morpholine rings is 1. The molecular formula is C12H17NO3S. The first-order chi connectivity index (χ1) is 7.97. The zero-order valence-corrected chi connectivity index (χ0v) is 11.0. The molecule has 0 aliphatic carbocycles. The summed E-state index contributed by atoms with van der Waals surface area (Å²) < 4.78 is 28.4. The molecule has 0 spiro atoms. The summed E-state index contributed by atoms with van der Waals surface area (Å²) in [5.74, 6) is 0. The minimum atomic E-state index is -3.14. The van der Waals surface area contributed by atoms with Crippen LogP contribution in [0.3, 0.4) is 0 Å². The fraction of sp³-hybridized carbons (Fsp3) is 0.500. The number of anilines is 1. The van der Waals surface area contributed by atoms with Crippen LogP contribution < -0.4 is 4.90 Å². The summed E-state index contributed by atoms with van der Waals surface area (Å²) in [6, 6.07) is 5.47. The predicted octanol–water partition coefficient (Wildman–Crippen LogP) is 1.24. The fourth-order valence-electron chi connectivity index (χ4n) is 1.95. The Hall–Kier alpha value is -1.07. The molecule has 1 aliphatic heterocycles. The van der Waals surface area contributed by atoms with Gasteiger partial charge in [-0.1, -0.05) is 0 Å². The predicted molar refractivity (Wildman–Crippen MR) is 67.3 cm³/mol. The number of benzene rings is 1. The summed E-state index contributed by atoms with van der Waals surface area (Å²) in [5.41, 5.74) is 1.93. The van der Waals surface area contributed by atoms with Crippen molar-refractivity contribution in [1.29, 1.82) is 0 Å². The Morgan fingerprint density at radius 3 is 2.41 bits per heavy atom. The van der Waals surface area contributed by atoms with E-state index in [0.29, 0.717) is 18.1 Å². The average Bonchev–Trinajstić information content (AvgIpc) is 2.28. The molecule has 0 saturated carbocycles. The van der Waals surface area contributed by atoms with E-state index >= 15 is 0 Å². The summed E-state index contributed by atoms with van der Waals surface area (Å²) >= 11 is 0. The molecule has 94 valence electrons. The molecule has 1 fully saturated rings. The van der Waals surface area contributed by atoms with Crippen LogP contribution in [0, 0.1) is 6.92 Å². The minimum absolute atomic E-state index is 0.388. The molecule has 2 rings (SSSR count). The van der Waals surface area contributed by atoms with Gasteiger partial charge in [0, 0.05) is 25.0 Å². The lowest BCUT2D eigenvalue weighted by Gasteiger charge is -2.29. The van der Waals surface area contributed by atoms with Crippen molar-refractivity contribution in [3.63, 3.8) is 0 Å². The Labute approximate surface area is 102 Å². The Balaban J connectivity index is 2.37. The SMILES string of the molecule is Cc1cc(N2CCOCC2)cc(S(C)(=O)=O)c1. The molecule has 1 heterocycles. The van der Waals surface area contributed by atoms with E-state index < -0.39 is 9.84 Å². The van der Waals surface area contributed by atoms with Crippen LogP contribution in [0.4, 0.5) is 5.69 Å². The fourth-order valence-corrected chi connectivity index (χ4v) is 2.68. The largest absolute Gasteiger partial charge is 0.378 e. The Bertz CT molecular complexity index is 504. The maximum Gasteiger partial charge on any atom is 0.175 e. The van der Waals surface area contributed by atoms with E-state index in [-0.39, 0.29) is 0 Å². The van der Waals surface area contributed by atoms with Gasteiger partial charge in [-0.05, 0) is 30.7 Å². The van der Waals surface area contributed by atoms with Gasteiger partial charge in [0.25, 0.3) is 0 Å². The third-order valence-corrected chi connectivity index (χ3v) is 3.93. The molecule has 0 atom stereocenters. The van der Waals surface area contributed by atoms with Gasteiger partial charge in [-0.2, -0.15) is 0 Å². The summed E-state index contributed by atoms with van der Waals surface area (Å²) in [7, 11) is -3.14. The molecule has 0 radical (unpaired) electrons. The Morgan fingerprint density at radius 2 is 1.82 bits per heavy atom. The highest BCUT2D eigenvalue weighted by Gasteiger charge is 2.15. The van der Waals surface area contributed by atoms with E-state index in [2.05, 4.69) is 4.90 Å². The van der Waals surface area contributed by atoms with Gasteiger partial charge in [0.2, 0.25) is 0 Å². The van der Waals surface area contributed by atoms with Gasteiger partial charge >= 0.3 is 0 Å². The van der Waals surface area contributed by atoms with E-state index in [9.17, 15) is 8.42 Å². The normalized spacial score (nSPS) is 17.2. The van der Waals surface area contributed by atoms with Gasteiger partial charge in [0.15, 0.2) is 9.84 Å². The molecule has 5 heteroatoms. The van der Waals surface area contributed by atoms with Crippen molar-refractivity contribution in [1.82, 2.24) is 0 Å². The van der Waals surface area contributed by atoms with Crippen molar-refractivity contribution in [2.75, 3.05) is 37.5 Å². The zero-order valence-electron chi connectivity index (χ0n) is 10.1. The minimum Gasteiger partial charge on any atom is -0.378 e. The molecule has 1 aliphatic rings. The van der Waals surface area contributed by atoms with Gasteiger partial charge < -0.3 is 9.64 Å². The van der Waals surface area contributed by atoms with Gasteiger partial charge in [-0.3, -0.25) is 0 Å². The molecule has 1 aromatic carbocycles. The number of sulfone groups is 1. The standard InChI is InChI=1S/C12H17NO3S/c1-10-7-11(13-3-5-16-6-4-13)9-12(8-10)17(2,14)15/h7-9H,3-6H2,1-2H3. The number of ether oxygens (including phenoxy) is 1. The van der Waals surface area contributed by atoms with Crippen molar-refractivity contribution in [3.8, 4) is 0 Å². The second kappa shape index (κ2) is 4.66. The number of hydrogen-bond donors (Lipinski definition) is 0. The molecule has 1 saturated heterocycles. The molecular weight excluding hydrogens is 238 g/mol. The lowest BCUT2D eigenvalue weighted by molar-refractivity contribution is 0.122. The molecule has 17 heavy (non-hydrogen) atoms.